The fraction of sp³-hybridized carbons (Fsp3) is 0.727. The molecular weight excluding hydrogens is 506 g/mol. The number of Topliss-reactive ketones (excluding diaryl/α,β-unsaturated/α-hetero) is 1. The van der Waals surface area contributed by atoms with Gasteiger partial charge in [-0.05, 0) is 33.8 Å². The summed E-state index contributed by atoms with van der Waals surface area (Å²) in [7, 11) is -5.69. The highest BCUT2D eigenvalue weighted by molar-refractivity contribution is 6.84. The maximum Gasteiger partial charge on any atom is 0.335 e. The van der Waals surface area contributed by atoms with Crippen LogP contribution in [0.25, 0.3) is 11.2 Å². The van der Waals surface area contributed by atoms with Crippen molar-refractivity contribution >= 4 is 51.5 Å². The third kappa shape index (κ3) is 4.26. The van der Waals surface area contributed by atoms with E-state index in [0.717, 1.165) is 0 Å². The van der Waals surface area contributed by atoms with Gasteiger partial charge in [-0.3, -0.25) is 9.36 Å². The maximum absolute atomic E-state index is 13.8. The summed E-state index contributed by atoms with van der Waals surface area (Å²) in [5.41, 5.74) is 7.23. The Hall–Kier alpha value is -1.42. The monoisotopic (exact) mass is 541 g/mol. The molecule has 0 bridgehead atoms. The Kier molecular flexibility index (Phi) is 7.21. The number of nitrogen functional groups attached to an aromatic ring is 1. The molecule has 3 unspecified atom stereocenters. The maximum atomic E-state index is 13.8. The molecule has 2 aliphatic heterocycles. The van der Waals surface area contributed by atoms with E-state index < -0.39 is 35.6 Å². The Morgan fingerprint density at radius 1 is 1.03 bits per heavy atom. The fourth-order valence-corrected chi connectivity index (χ4v) is 16.6. The molecule has 2 fully saturated rings. The van der Waals surface area contributed by atoms with Gasteiger partial charge < -0.3 is 23.4 Å². The zero-order chi connectivity index (χ0) is 25.9. The van der Waals surface area contributed by atoms with Crippen molar-refractivity contribution in [2.75, 3.05) is 12.3 Å². The van der Waals surface area contributed by atoms with E-state index in [1.807, 2.05) is 0 Å². The number of anilines is 1. The van der Waals surface area contributed by atoms with E-state index in [1.165, 1.54) is 6.33 Å². The first kappa shape index (κ1) is 26.6. The third-order valence-corrected chi connectivity index (χ3v) is 17.6. The van der Waals surface area contributed by atoms with Gasteiger partial charge in [-0.15, -0.1) is 0 Å². The van der Waals surface area contributed by atoms with Crippen molar-refractivity contribution < 1.29 is 22.5 Å². The largest absolute Gasteiger partial charge is 0.414 e. The summed E-state index contributed by atoms with van der Waals surface area (Å²) in [6.45, 7) is 17.3. The van der Waals surface area contributed by atoms with Gasteiger partial charge in [0.1, 0.15) is 17.7 Å². The van der Waals surface area contributed by atoms with Gasteiger partial charge in [-0.1, -0.05) is 55.4 Å². The molecule has 0 saturated carbocycles. The summed E-state index contributed by atoms with van der Waals surface area (Å²) in [4.78, 5) is 26.3. The molecule has 3 atom stereocenters. The lowest BCUT2D eigenvalue weighted by molar-refractivity contribution is -0.130. The van der Waals surface area contributed by atoms with Crippen LogP contribution >= 0.6 is 11.6 Å². The van der Waals surface area contributed by atoms with Gasteiger partial charge >= 0.3 is 17.1 Å². The summed E-state index contributed by atoms with van der Waals surface area (Å²) in [6, 6.07) is 0. The third-order valence-electron chi connectivity index (χ3n) is 7.16. The molecule has 2 aliphatic rings. The highest BCUT2D eigenvalue weighted by Crippen LogP contribution is 2.47. The lowest BCUT2D eigenvalue weighted by atomic mass is 10.1. The van der Waals surface area contributed by atoms with Crippen LogP contribution in [-0.4, -0.2) is 61.2 Å². The van der Waals surface area contributed by atoms with Crippen LogP contribution in [-0.2, 0) is 22.5 Å². The van der Waals surface area contributed by atoms with Gasteiger partial charge in [0.2, 0.25) is 11.1 Å². The molecule has 35 heavy (non-hydrogen) atoms. The topological polar surface area (TPSA) is 124 Å². The van der Waals surface area contributed by atoms with Crippen LogP contribution in [0.4, 0.5) is 5.82 Å². The van der Waals surface area contributed by atoms with Gasteiger partial charge in [-0.25, -0.2) is 4.98 Å². The number of rotatable bonds is 5. The van der Waals surface area contributed by atoms with Gasteiger partial charge in [-0.2, -0.15) is 9.97 Å². The molecule has 2 aromatic rings. The molecule has 2 aromatic heterocycles. The van der Waals surface area contributed by atoms with Crippen LogP contribution in [0.15, 0.2) is 6.33 Å². The van der Waals surface area contributed by atoms with Crippen LogP contribution in [0.1, 0.15) is 61.6 Å². The summed E-state index contributed by atoms with van der Waals surface area (Å²) in [5, 5.41) is -0.0307. The highest BCUT2D eigenvalue weighted by Gasteiger charge is 2.61. The molecule has 0 aliphatic carbocycles. The van der Waals surface area contributed by atoms with Crippen molar-refractivity contribution in [3.8, 4) is 0 Å². The molecule has 4 rings (SSSR count). The van der Waals surface area contributed by atoms with Gasteiger partial charge in [0.05, 0.1) is 12.9 Å². The zero-order valence-electron chi connectivity index (χ0n) is 21.6. The summed E-state index contributed by atoms with van der Waals surface area (Å²) in [5.74, 6) is -0.0878. The SMILES string of the molecule is CC(C)[Si]1(C(C)C)OCC2OC(n3cnc4c(N)nc(Cl)nc43)C(=O)C2O[Si](C(C)C)(C(C)C)O1. The average Bonchev–Trinajstić information content (AvgIpc) is 3.28. The van der Waals surface area contributed by atoms with Crippen molar-refractivity contribution in [1.82, 2.24) is 19.5 Å². The van der Waals surface area contributed by atoms with Crippen molar-refractivity contribution in [2.45, 2.75) is 96.0 Å². The number of aromatic nitrogens is 4. The second kappa shape index (κ2) is 9.47. The first-order chi connectivity index (χ1) is 16.3. The minimum absolute atomic E-state index is 0.0307. The molecule has 0 aromatic carbocycles. The van der Waals surface area contributed by atoms with Crippen LogP contribution in [0.5, 0.6) is 0 Å². The molecule has 10 nitrogen and oxygen atoms in total. The van der Waals surface area contributed by atoms with Gasteiger partial charge in [0.15, 0.2) is 17.7 Å². The molecule has 0 radical (unpaired) electrons. The van der Waals surface area contributed by atoms with Crippen LogP contribution in [0.2, 0.25) is 27.4 Å². The van der Waals surface area contributed by atoms with E-state index >= 15 is 0 Å². The van der Waals surface area contributed by atoms with E-state index in [0.29, 0.717) is 11.2 Å². The number of imidazole rings is 1. The number of carbonyl (C=O) groups excluding carboxylic acids is 1. The lowest BCUT2D eigenvalue weighted by Gasteiger charge is -2.50. The molecule has 2 N–H and O–H groups in total. The van der Waals surface area contributed by atoms with E-state index in [4.69, 9.17) is 35.0 Å². The van der Waals surface area contributed by atoms with Crippen LogP contribution in [0, 0.1) is 0 Å². The first-order valence-corrected chi connectivity index (χ1v) is 16.5. The molecule has 13 heteroatoms. The number of hydrogen-bond acceptors (Lipinski definition) is 9. The van der Waals surface area contributed by atoms with E-state index in [1.54, 1.807) is 4.57 Å². The van der Waals surface area contributed by atoms with E-state index in [-0.39, 0.29) is 45.7 Å². The summed E-state index contributed by atoms with van der Waals surface area (Å²) in [6.07, 6.45) is -0.934. The minimum Gasteiger partial charge on any atom is -0.414 e. The Labute approximate surface area is 213 Å². The molecule has 0 amide bonds. The highest BCUT2D eigenvalue weighted by atomic mass is 35.5. The quantitative estimate of drug-likeness (QED) is 0.430. The Balaban J connectivity index is 1.79. The standard InChI is InChI=1S/C22H36ClN5O5Si2/c1-11(2)34(12(3)4)30-9-15-18(32-35(33-34,13(5)6)14(7)8)17(29)21(31-15)28-10-25-16-19(24)26-22(23)27-20(16)28/h10-15,18,21H,9H2,1-8H3,(H2,24,26,27). The summed E-state index contributed by atoms with van der Waals surface area (Å²) < 4.78 is 28.6. The van der Waals surface area contributed by atoms with Gasteiger partial charge in [0.25, 0.3) is 0 Å². The van der Waals surface area contributed by atoms with Crippen molar-refractivity contribution in [3.05, 3.63) is 11.6 Å². The Morgan fingerprint density at radius 3 is 2.20 bits per heavy atom. The number of nitrogens with zero attached hydrogens (tertiary/aromatic N) is 4. The Bertz CT molecular complexity index is 1100. The second-order valence-corrected chi connectivity index (χ2v) is 19.8. The fourth-order valence-electron chi connectivity index (χ4n) is 5.30. The molecule has 0 spiro atoms. The average molecular weight is 542 g/mol. The number of hydrogen-bond donors (Lipinski definition) is 1. The first-order valence-electron chi connectivity index (χ1n) is 12.2. The number of fused-ring (bicyclic) bond motifs is 2. The molecule has 4 heterocycles. The van der Waals surface area contributed by atoms with Crippen molar-refractivity contribution in [1.29, 1.82) is 0 Å². The smallest absolute Gasteiger partial charge is 0.335 e. The van der Waals surface area contributed by atoms with E-state index in [2.05, 4.69) is 70.3 Å². The minimum atomic E-state index is -2.95. The zero-order valence-corrected chi connectivity index (χ0v) is 24.4. The van der Waals surface area contributed by atoms with Crippen molar-refractivity contribution in [2.24, 2.45) is 0 Å². The van der Waals surface area contributed by atoms with Gasteiger partial charge in [0, 0.05) is 0 Å². The van der Waals surface area contributed by atoms with E-state index in [9.17, 15) is 4.79 Å². The predicted octanol–water partition coefficient (Wildman–Crippen LogP) is 4.48. The number of nitrogens with two attached hydrogens (primary N) is 1. The number of ether oxygens (including phenoxy) is 1. The lowest BCUT2D eigenvalue weighted by Crippen LogP contribution is -2.65. The van der Waals surface area contributed by atoms with Crippen LogP contribution < -0.4 is 5.73 Å². The summed E-state index contributed by atoms with van der Waals surface area (Å²) >= 11 is 6.04. The number of ketones is 1. The van der Waals surface area contributed by atoms with Crippen molar-refractivity contribution in [3.63, 3.8) is 0 Å². The Morgan fingerprint density at radius 2 is 1.63 bits per heavy atom. The van der Waals surface area contributed by atoms with Crippen LogP contribution in [0.3, 0.4) is 0 Å². The molecule has 2 saturated heterocycles. The predicted molar refractivity (Wildman–Crippen MR) is 137 cm³/mol. The normalized spacial score (nSPS) is 26.7. The second-order valence-electron chi connectivity index (χ2n) is 10.6. The number of halogens is 1. The molecule has 194 valence electrons. The number of carbonyl (C=O) groups is 1. The molecular formula is C22H36ClN5O5Si2.